The van der Waals surface area contributed by atoms with Crippen molar-refractivity contribution in [1.82, 2.24) is 10.6 Å². The third kappa shape index (κ3) is 8.70. The Kier molecular flexibility index (Phi) is 11.0. The molecule has 0 fully saturated rings. The average Bonchev–Trinajstić information content (AvgIpc) is 3.04. The number of amides is 2. The molecule has 4 aromatic rings. The fraction of sp³-hybridized carbons (Fsp3) is 0.212. The molecule has 0 bridgehead atoms. The van der Waals surface area contributed by atoms with Crippen LogP contribution in [0.2, 0.25) is 0 Å². The summed E-state index contributed by atoms with van der Waals surface area (Å²) in [6, 6.07) is 29.5. The maximum Gasteiger partial charge on any atom is 0.264 e. The van der Waals surface area contributed by atoms with Crippen molar-refractivity contribution in [2.24, 2.45) is 0 Å². The van der Waals surface area contributed by atoms with Crippen LogP contribution in [0, 0.1) is 13.8 Å². The van der Waals surface area contributed by atoms with E-state index >= 15 is 0 Å². The molecule has 0 heterocycles. The van der Waals surface area contributed by atoms with Crippen molar-refractivity contribution in [3.05, 3.63) is 120 Å². The highest BCUT2D eigenvalue weighted by atomic mass is 32.2. The van der Waals surface area contributed by atoms with Gasteiger partial charge < -0.3 is 10.6 Å². The third-order valence-corrected chi connectivity index (χ3v) is 10.5. The van der Waals surface area contributed by atoms with Gasteiger partial charge in [-0.25, -0.2) is 16.8 Å². The molecule has 236 valence electrons. The van der Waals surface area contributed by atoms with E-state index in [1.54, 1.807) is 84.9 Å². The van der Waals surface area contributed by atoms with E-state index in [9.17, 15) is 26.4 Å². The summed E-state index contributed by atoms with van der Waals surface area (Å²) in [5, 5.41) is 5.41. The monoisotopic (exact) mass is 648 g/mol. The van der Waals surface area contributed by atoms with E-state index in [-0.39, 0.29) is 22.9 Å². The van der Waals surface area contributed by atoms with Crippen molar-refractivity contribution in [3.8, 4) is 0 Å². The van der Waals surface area contributed by atoms with Crippen LogP contribution in [0.1, 0.15) is 17.5 Å². The van der Waals surface area contributed by atoms with Crippen molar-refractivity contribution in [3.63, 3.8) is 0 Å². The van der Waals surface area contributed by atoms with Gasteiger partial charge in [0.15, 0.2) is 0 Å². The zero-order valence-corrected chi connectivity index (χ0v) is 26.7. The number of anilines is 2. The Morgan fingerprint density at radius 1 is 0.533 bits per heavy atom. The predicted molar refractivity (Wildman–Crippen MR) is 175 cm³/mol. The lowest BCUT2D eigenvalue weighted by Gasteiger charge is -2.24. The molecule has 0 spiro atoms. The highest BCUT2D eigenvalue weighted by Gasteiger charge is 2.28. The first-order chi connectivity index (χ1) is 21.5. The second-order valence-electron chi connectivity index (χ2n) is 10.4. The lowest BCUT2D eigenvalue weighted by atomic mass is 10.2. The Hall–Kier alpha value is -4.68. The lowest BCUT2D eigenvalue weighted by molar-refractivity contribution is -0.119. The van der Waals surface area contributed by atoms with Crippen molar-refractivity contribution < 1.29 is 26.4 Å². The van der Waals surface area contributed by atoms with Gasteiger partial charge in [0.05, 0.1) is 21.2 Å². The van der Waals surface area contributed by atoms with Gasteiger partial charge in [0.2, 0.25) is 11.8 Å². The van der Waals surface area contributed by atoms with Crippen LogP contribution >= 0.6 is 0 Å². The molecule has 0 aliphatic rings. The number of hydrogen-bond donors (Lipinski definition) is 2. The molecule has 0 atom stereocenters. The Morgan fingerprint density at radius 3 is 1.20 bits per heavy atom. The van der Waals surface area contributed by atoms with E-state index in [1.807, 2.05) is 13.8 Å². The quantitative estimate of drug-likeness (QED) is 0.199. The topological polar surface area (TPSA) is 133 Å². The molecule has 2 amide bonds. The Labute approximate surface area is 264 Å². The van der Waals surface area contributed by atoms with Crippen molar-refractivity contribution in [2.45, 2.75) is 30.1 Å². The van der Waals surface area contributed by atoms with Gasteiger partial charge in [-0.2, -0.15) is 0 Å². The zero-order valence-electron chi connectivity index (χ0n) is 25.1. The average molecular weight is 649 g/mol. The summed E-state index contributed by atoms with van der Waals surface area (Å²) in [5.41, 5.74) is 2.61. The van der Waals surface area contributed by atoms with Gasteiger partial charge in [-0.15, -0.1) is 0 Å². The van der Waals surface area contributed by atoms with E-state index in [0.717, 1.165) is 19.7 Å². The number of rotatable bonds is 14. The van der Waals surface area contributed by atoms with Crippen LogP contribution in [0.4, 0.5) is 11.4 Å². The number of nitrogens with zero attached hydrogens (tertiary/aromatic N) is 2. The van der Waals surface area contributed by atoms with Crippen LogP contribution in [-0.2, 0) is 29.6 Å². The summed E-state index contributed by atoms with van der Waals surface area (Å²) in [7, 11) is -8.03. The minimum atomic E-state index is -4.02. The number of nitrogens with one attached hydrogen (secondary N) is 2. The Balaban J connectivity index is 1.34. The molecule has 45 heavy (non-hydrogen) atoms. The maximum atomic E-state index is 13.4. The summed E-state index contributed by atoms with van der Waals surface area (Å²) in [5.74, 6) is -1.03. The summed E-state index contributed by atoms with van der Waals surface area (Å²) in [6.45, 7) is 3.22. The van der Waals surface area contributed by atoms with Crippen LogP contribution in [0.15, 0.2) is 119 Å². The molecular weight excluding hydrogens is 613 g/mol. The van der Waals surface area contributed by atoms with Gasteiger partial charge in [0.25, 0.3) is 20.0 Å². The first-order valence-corrected chi connectivity index (χ1v) is 17.2. The minimum absolute atomic E-state index is 0.0649. The summed E-state index contributed by atoms with van der Waals surface area (Å²) in [4.78, 5) is 25.9. The van der Waals surface area contributed by atoms with E-state index in [1.165, 1.54) is 24.3 Å². The van der Waals surface area contributed by atoms with E-state index in [2.05, 4.69) is 10.6 Å². The molecule has 0 saturated heterocycles. The van der Waals surface area contributed by atoms with Crippen LogP contribution in [0.3, 0.4) is 0 Å². The van der Waals surface area contributed by atoms with Gasteiger partial charge in [0.1, 0.15) is 13.1 Å². The number of sulfonamides is 2. The van der Waals surface area contributed by atoms with Crippen molar-refractivity contribution >= 4 is 43.2 Å². The van der Waals surface area contributed by atoms with E-state index in [0.29, 0.717) is 17.8 Å². The molecule has 10 nitrogen and oxygen atoms in total. The van der Waals surface area contributed by atoms with Gasteiger partial charge in [-0.3, -0.25) is 18.2 Å². The fourth-order valence-electron chi connectivity index (χ4n) is 4.41. The fourth-order valence-corrected chi connectivity index (χ4v) is 7.29. The molecule has 0 aliphatic carbocycles. The van der Waals surface area contributed by atoms with E-state index < -0.39 is 45.0 Å². The molecule has 0 radical (unpaired) electrons. The molecule has 2 N–H and O–H groups in total. The highest BCUT2D eigenvalue weighted by Crippen LogP contribution is 2.25. The normalized spacial score (nSPS) is 11.4. The van der Waals surface area contributed by atoms with Gasteiger partial charge in [0, 0.05) is 13.1 Å². The molecule has 4 aromatic carbocycles. The molecule has 12 heteroatoms. The summed E-state index contributed by atoms with van der Waals surface area (Å²) >= 11 is 0. The molecular formula is C33H36N4O6S2. The Morgan fingerprint density at radius 2 is 0.867 bits per heavy atom. The number of benzene rings is 4. The molecule has 0 unspecified atom stereocenters. The largest absolute Gasteiger partial charge is 0.354 e. The maximum absolute atomic E-state index is 13.4. The van der Waals surface area contributed by atoms with Crippen LogP contribution in [-0.4, -0.2) is 54.8 Å². The molecule has 0 saturated carbocycles. The van der Waals surface area contributed by atoms with Gasteiger partial charge in [-0.1, -0.05) is 71.8 Å². The molecule has 4 rings (SSSR count). The number of hydrogen-bond acceptors (Lipinski definition) is 6. The zero-order chi connectivity index (χ0) is 32.5. The van der Waals surface area contributed by atoms with Gasteiger partial charge in [-0.05, 0) is 68.8 Å². The minimum Gasteiger partial charge on any atom is -0.354 e. The predicted octanol–water partition coefficient (Wildman–Crippen LogP) is 4.02. The number of carbonyl (C=O) groups is 2. The van der Waals surface area contributed by atoms with Gasteiger partial charge >= 0.3 is 0 Å². The van der Waals surface area contributed by atoms with Crippen LogP contribution in [0.25, 0.3) is 0 Å². The standard InChI is InChI=1S/C33H36N4O6S2/c1-26-14-18-28(19-15-26)36(44(40,41)30-10-5-3-6-11-30)24-32(38)34-22-9-23-35-33(39)25-37(29-20-16-27(2)17-21-29)45(42,43)31-12-7-4-8-13-31/h3-8,10-21H,9,22-25H2,1-2H3,(H,34,38)(H,35,39). The number of aryl methyl sites for hydroxylation is 2. The Bertz CT molecular complexity index is 1660. The van der Waals surface area contributed by atoms with Crippen molar-refractivity contribution in [2.75, 3.05) is 34.8 Å². The first-order valence-electron chi connectivity index (χ1n) is 14.3. The SMILES string of the molecule is Cc1ccc(N(CC(=O)NCCCNC(=O)CN(c2ccc(C)cc2)S(=O)(=O)c2ccccc2)S(=O)(=O)c2ccccc2)cc1. The lowest BCUT2D eigenvalue weighted by Crippen LogP contribution is -2.42. The van der Waals surface area contributed by atoms with Crippen molar-refractivity contribution in [1.29, 1.82) is 0 Å². The first kappa shape index (κ1) is 33.2. The summed E-state index contributed by atoms with van der Waals surface area (Å²) < 4.78 is 55.8. The smallest absolute Gasteiger partial charge is 0.264 e. The van der Waals surface area contributed by atoms with Crippen LogP contribution in [0.5, 0.6) is 0 Å². The third-order valence-electron chi connectivity index (χ3n) is 6.88. The van der Waals surface area contributed by atoms with Crippen LogP contribution < -0.4 is 19.2 Å². The molecule has 0 aliphatic heterocycles. The second-order valence-corrected chi connectivity index (χ2v) is 14.1. The second kappa shape index (κ2) is 14.9. The van der Waals surface area contributed by atoms with E-state index in [4.69, 9.17) is 0 Å². The summed E-state index contributed by atoms with van der Waals surface area (Å²) in [6.07, 6.45) is 0.337. The number of carbonyl (C=O) groups excluding carboxylic acids is 2. The molecule has 0 aromatic heterocycles. The highest BCUT2D eigenvalue weighted by molar-refractivity contribution is 7.93.